The molecule has 1 saturated heterocycles. The first-order valence-corrected chi connectivity index (χ1v) is 9.91. The van der Waals surface area contributed by atoms with Crippen LogP contribution in [0.3, 0.4) is 0 Å². The highest BCUT2D eigenvalue weighted by Gasteiger charge is 2.21. The van der Waals surface area contributed by atoms with Gasteiger partial charge in [-0.2, -0.15) is 5.10 Å². The van der Waals surface area contributed by atoms with Gasteiger partial charge in [-0.05, 0) is 45.2 Å². The lowest BCUT2D eigenvalue weighted by molar-refractivity contribution is 0.121. The minimum atomic E-state index is 0.359. The largest absolute Gasteiger partial charge is 0.383 e. The Morgan fingerprint density at radius 2 is 2.19 bits per heavy atom. The number of nitrogens with one attached hydrogen (secondary N) is 2. The zero-order valence-electron chi connectivity index (χ0n) is 16.2. The number of nitrogens with zero attached hydrogens (tertiary/aromatic N) is 5. The number of aliphatic imine (C=N–C) groups is 1. The number of hydrogen-bond acceptors (Lipinski definition) is 5. The molecule has 0 aliphatic carbocycles. The van der Waals surface area contributed by atoms with Gasteiger partial charge in [0.1, 0.15) is 12.2 Å². The van der Waals surface area contributed by atoms with Gasteiger partial charge in [0.25, 0.3) is 0 Å². The van der Waals surface area contributed by atoms with Gasteiger partial charge in [0.15, 0.2) is 5.96 Å². The average Bonchev–Trinajstić information content (AvgIpc) is 3.13. The fraction of sp³-hybridized carbons (Fsp3) is 0.833. The number of methoxy groups -OCH3 is 1. The Kier molecular flexibility index (Phi) is 7.25. The normalized spacial score (nSPS) is 22.2. The Morgan fingerprint density at radius 1 is 1.35 bits per heavy atom. The van der Waals surface area contributed by atoms with Crippen molar-refractivity contribution in [2.24, 2.45) is 10.9 Å². The SMILES string of the molecule is CCNC(=NCC1CCN(CCOC)CC1)NC1CCc2ncnn2C1. The summed E-state index contributed by atoms with van der Waals surface area (Å²) in [6.45, 7) is 8.93. The number of aryl methyl sites for hydroxylation is 1. The van der Waals surface area contributed by atoms with Gasteiger partial charge in [-0.15, -0.1) is 0 Å². The summed E-state index contributed by atoms with van der Waals surface area (Å²) in [7, 11) is 1.77. The quantitative estimate of drug-likeness (QED) is 0.543. The van der Waals surface area contributed by atoms with Crippen molar-refractivity contribution in [3.05, 3.63) is 12.2 Å². The third kappa shape index (κ3) is 5.41. The molecule has 0 spiro atoms. The van der Waals surface area contributed by atoms with Crippen LogP contribution in [0.25, 0.3) is 0 Å². The number of ether oxygens (including phenoxy) is 1. The zero-order chi connectivity index (χ0) is 18.2. The molecule has 2 N–H and O–H groups in total. The van der Waals surface area contributed by atoms with Crippen molar-refractivity contribution in [2.45, 2.75) is 45.2 Å². The fourth-order valence-electron chi connectivity index (χ4n) is 3.70. The van der Waals surface area contributed by atoms with E-state index in [0.29, 0.717) is 12.0 Å². The van der Waals surface area contributed by atoms with Gasteiger partial charge in [0.05, 0.1) is 13.2 Å². The molecule has 0 radical (unpaired) electrons. The highest BCUT2D eigenvalue weighted by atomic mass is 16.5. The van der Waals surface area contributed by atoms with Gasteiger partial charge in [-0.25, -0.2) is 9.67 Å². The van der Waals surface area contributed by atoms with Crippen LogP contribution in [0.5, 0.6) is 0 Å². The van der Waals surface area contributed by atoms with E-state index in [1.807, 2.05) is 4.68 Å². The molecule has 8 nitrogen and oxygen atoms in total. The van der Waals surface area contributed by atoms with Crippen LogP contribution in [0.1, 0.15) is 32.0 Å². The first kappa shape index (κ1) is 19.1. The summed E-state index contributed by atoms with van der Waals surface area (Å²) in [5.74, 6) is 2.70. The standard InChI is InChI=1S/C18H33N7O/c1-3-19-18(23-16-4-5-17-21-14-22-25(17)13-16)20-12-15-6-8-24(9-7-15)10-11-26-2/h14-16H,3-13H2,1-2H3,(H2,19,20,23). The van der Waals surface area contributed by atoms with Crippen LogP contribution in [0.4, 0.5) is 0 Å². The summed E-state index contributed by atoms with van der Waals surface area (Å²) in [6, 6.07) is 0.359. The molecular weight excluding hydrogens is 330 g/mol. The van der Waals surface area contributed by atoms with E-state index in [1.54, 1.807) is 13.4 Å². The van der Waals surface area contributed by atoms with Gasteiger partial charge < -0.3 is 20.3 Å². The molecule has 1 aromatic rings. The van der Waals surface area contributed by atoms with Gasteiger partial charge in [0.2, 0.25) is 0 Å². The van der Waals surface area contributed by atoms with Crippen LogP contribution >= 0.6 is 0 Å². The number of aromatic nitrogens is 3. The van der Waals surface area contributed by atoms with Gasteiger partial charge >= 0.3 is 0 Å². The average molecular weight is 364 g/mol. The molecule has 1 atom stereocenters. The van der Waals surface area contributed by atoms with Crippen molar-refractivity contribution >= 4 is 5.96 Å². The lowest BCUT2D eigenvalue weighted by atomic mass is 9.97. The minimum absolute atomic E-state index is 0.359. The highest BCUT2D eigenvalue weighted by molar-refractivity contribution is 5.80. The molecule has 0 bridgehead atoms. The van der Waals surface area contributed by atoms with E-state index in [0.717, 1.165) is 70.5 Å². The van der Waals surface area contributed by atoms with Crippen molar-refractivity contribution < 1.29 is 4.74 Å². The molecule has 1 fully saturated rings. The molecule has 3 rings (SSSR count). The molecule has 8 heteroatoms. The van der Waals surface area contributed by atoms with E-state index in [2.05, 4.69) is 32.5 Å². The molecule has 0 saturated carbocycles. The number of fused-ring (bicyclic) bond motifs is 1. The predicted octanol–water partition coefficient (Wildman–Crippen LogP) is 0.506. The van der Waals surface area contributed by atoms with E-state index >= 15 is 0 Å². The number of guanidine groups is 1. The molecule has 1 aromatic heterocycles. The Morgan fingerprint density at radius 3 is 2.96 bits per heavy atom. The maximum absolute atomic E-state index is 5.18. The Labute approximate surface area is 156 Å². The van der Waals surface area contributed by atoms with Crippen LogP contribution in [0, 0.1) is 5.92 Å². The molecule has 2 aliphatic heterocycles. The van der Waals surface area contributed by atoms with Crippen molar-refractivity contribution in [2.75, 3.05) is 46.4 Å². The number of rotatable bonds is 7. The van der Waals surface area contributed by atoms with E-state index in [9.17, 15) is 0 Å². The monoisotopic (exact) mass is 363 g/mol. The summed E-state index contributed by atoms with van der Waals surface area (Å²) in [5.41, 5.74) is 0. The second-order valence-electron chi connectivity index (χ2n) is 7.24. The second-order valence-corrected chi connectivity index (χ2v) is 7.24. The maximum Gasteiger partial charge on any atom is 0.191 e. The maximum atomic E-state index is 5.18. The molecule has 26 heavy (non-hydrogen) atoms. The minimum Gasteiger partial charge on any atom is -0.383 e. The molecular formula is C18H33N7O. The summed E-state index contributed by atoms with van der Waals surface area (Å²) >= 11 is 0. The highest BCUT2D eigenvalue weighted by Crippen LogP contribution is 2.17. The summed E-state index contributed by atoms with van der Waals surface area (Å²) < 4.78 is 7.18. The Bertz CT molecular complexity index is 566. The lowest BCUT2D eigenvalue weighted by Crippen LogP contribution is -2.47. The van der Waals surface area contributed by atoms with Crippen LogP contribution < -0.4 is 10.6 Å². The van der Waals surface area contributed by atoms with E-state index in [1.165, 1.54) is 12.8 Å². The van der Waals surface area contributed by atoms with E-state index in [-0.39, 0.29) is 0 Å². The lowest BCUT2D eigenvalue weighted by Gasteiger charge is -2.31. The van der Waals surface area contributed by atoms with Crippen molar-refractivity contribution in [1.29, 1.82) is 0 Å². The fourth-order valence-corrected chi connectivity index (χ4v) is 3.70. The first-order chi connectivity index (χ1) is 12.8. The van der Waals surface area contributed by atoms with Gasteiger partial charge in [-0.3, -0.25) is 4.99 Å². The van der Waals surface area contributed by atoms with Crippen molar-refractivity contribution in [3.63, 3.8) is 0 Å². The molecule has 3 heterocycles. The number of likely N-dealkylation sites (tertiary alicyclic amines) is 1. The smallest absolute Gasteiger partial charge is 0.191 e. The Hall–Kier alpha value is -1.67. The van der Waals surface area contributed by atoms with Crippen LogP contribution in [0.15, 0.2) is 11.3 Å². The zero-order valence-corrected chi connectivity index (χ0v) is 16.2. The molecule has 1 unspecified atom stereocenters. The summed E-state index contributed by atoms with van der Waals surface area (Å²) in [6.07, 6.45) is 6.13. The predicted molar refractivity (Wildman–Crippen MR) is 102 cm³/mol. The molecule has 2 aliphatic rings. The van der Waals surface area contributed by atoms with Gasteiger partial charge in [-0.1, -0.05) is 0 Å². The molecule has 0 aromatic carbocycles. The van der Waals surface area contributed by atoms with Crippen LogP contribution in [-0.4, -0.2) is 78.1 Å². The van der Waals surface area contributed by atoms with Crippen LogP contribution in [-0.2, 0) is 17.7 Å². The second kappa shape index (κ2) is 9.87. The van der Waals surface area contributed by atoms with Crippen molar-refractivity contribution in [1.82, 2.24) is 30.3 Å². The first-order valence-electron chi connectivity index (χ1n) is 9.91. The third-order valence-electron chi connectivity index (χ3n) is 5.32. The molecule has 0 amide bonds. The van der Waals surface area contributed by atoms with E-state index in [4.69, 9.17) is 9.73 Å². The van der Waals surface area contributed by atoms with Gasteiger partial charge in [0, 0.05) is 39.2 Å². The van der Waals surface area contributed by atoms with Crippen molar-refractivity contribution in [3.8, 4) is 0 Å². The van der Waals surface area contributed by atoms with Crippen LogP contribution in [0.2, 0.25) is 0 Å². The number of piperidine rings is 1. The molecule has 146 valence electrons. The summed E-state index contributed by atoms with van der Waals surface area (Å²) in [4.78, 5) is 11.7. The van der Waals surface area contributed by atoms with E-state index < -0.39 is 0 Å². The Balaban J connectivity index is 1.46. The topological polar surface area (TPSA) is 79.6 Å². The third-order valence-corrected chi connectivity index (χ3v) is 5.32. The number of hydrogen-bond donors (Lipinski definition) is 2. The summed E-state index contributed by atoms with van der Waals surface area (Å²) in [5, 5.41) is 11.3.